The molecule has 4 aromatic rings. The minimum atomic E-state index is -0.707. The number of benzene rings is 2. The molecule has 0 aliphatic carbocycles. The highest BCUT2D eigenvalue weighted by atomic mass is 79.9. The number of Topliss-reactive ketones (excluding diaryl/α,β-unsaturated/α-hetero) is 1. The molecule has 0 saturated heterocycles. The van der Waals surface area contributed by atoms with Crippen LogP contribution in [0, 0.1) is 6.92 Å². The third kappa shape index (κ3) is 3.05. The Labute approximate surface area is 189 Å². The van der Waals surface area contributed by atoms with Crippen molar-refractivity contribution < 1.29 is 14.0 Å². The molecule has 1 atom stereocenters. The van der Waals surface area contributed by atoms with Crippen LogP contribution in [0.4, 0.5) is 5.13 Å². The van der Waals surface area contributed by atoms with Gasteiger partial charge in [0.2, 0.25) is 5.76 Å². The Kier molecular flexibility index (Phi) is 4.64. The predicted octanol–water partition coefficient (Wildman–Crippen LogP) is 5.27. The lowest BCUT2D eigenvalue weighted by atomic mass is 9.99. The second-order valence-electron chi connectivity index (χ2n) is 7.27. The number of rotatable bonds is 3. The molecule has 0 radical (unpaired) electrons. The Bertz CT molecular complexity index is 1440. The summed E-state index contributed by atoms with van der Waals surface area (Å²) < 4.78 is 6.80. The number of hydrogen-bond donors (Lipinski definition) is 0. The molecule has 0 fully saturated rings. The molecule has 2 aromatic carbocycles. The van der Waals surface area contributed by atoms with Crippen LogP contribution < -0.4 is 10.3 Å². The fourth-order valence-electron chi connectivity index (χ4n) is 3.89. The lowest BCUT2D eigenvalue weighted by Gasteiger charge is -2.22. The van der Waals surface area contributed by atoms with Gasteiger partial charge in [0.15, 0.2) is 16.3 Å². The van der Waals surface area contributed by atoms with E-state index in [2.05, 4.69) is 20.9 Å². The van der Waals surface area contributed by atoms with Crippen molar-refractivity contribution in [3.05, 3.63) is 90.7 Å². The predicted molar refractivity (Wildman–Crippen MR) is 122 cm³/mol. The smallest absolute Gasteiger partial charge is 0.297 e. The summed E-state index contributed by atoms with van der Waals surface area (Å²) in [5.74, 6) is -0.561. The molecule has 0 spiro atoms. The normalized spacial score (nSPS) is 15.5. The number of ketones is 1. The molecule has 8 heteroatoms. The van der Waals surface area contributed by atoms with Gasteiger partial charge in [-0.15, -0.1) is 0 Å². The molecule has 1 aliphatic rings. The number of amides is 1. The van der Waals surface area contributed by atoms with Crippen molar-refractivity contribution in [2.75, 3.05) is 4.90 Å². The number of carbonyl (C=O) groups is 2. The molecule has 5 rings (SSSR count). The third-order valence-electron chi connectivity index (χ3n) is 5.27. The van der Waals surface area contributed by atoms with Crippen molar-refractivity contribution in [3.8, 4) is 0 Å². The summed E-state index contributed by atoms with van der Waals surface area (Å²) in [7, 11) is 0. The zero-order chi connectivity index (χ0) is 21.9. The summed E-state index contributed by atoms with van der Waals surface area (Å²) in [6.45, 7) is 3.20. The fourth-order valence-corrected chi connectivity index (χ4v) is 5.14. The van der Waals surface area contributed by atoms with Crippen molar-refractivity contribution in [1.29, 1.82) is 0 Å². The number of carbonyl (C=O) groups excluding carboxylic acids is 2. The second-order valence-corrected chi connectivity index (χ2v) is 9.16. The number of halogens is 1. The molecule has 3 heterocycles. The number of nitrogens with zero attached hydrogens (tertiary/aromatic N) is 2. The highest BCUT2D eigenvalue weighted by Gasteiger charge is 2.45. The maximum atomic E-state index is 13.5. The first-order valence-corrected chi connectivity index (χ1v) is 11.1. The van der Waals surface area contributed by atoms with Crippen LogP contribution in [-0.2, 0) is 0 Å². The monoisotopic (exact) mass is 494 g/mol. The van der Waals surface area contributed by atoms with Crippen LogP contribution in [-0.4, -0.2) is 16.7 Å². The molecule has 0 N–H and O–H groups in total. The van der Waals surface area contributed by atoms with Gasteiger partial charge in [-0.1, -0.05) is 51.5 Å². The second kappa shape index (κ2) is 7.25. The van der Waals surface area contributed by atoms with Crippen molar-refractivity contribution in [2.45, 2.75) is 19.9 Å². The standard InChI is InChI=1S/C23H15BrN2O4S/c1-11-21(12(2)27)31-23(25-11)26-18(13-7-9-14(24)10-8-13)17-19(28)15-5-3-4-6-16(15)30-20(17)22(26)29/h3-10,18H,1-2H3/t18-/m0/s1. The Balaban J connectivity index is 1.80. The number of thiazole rings is 1. The average molecular weight is 495 g/mol. The number of aryl methyl sites for hydroxylation is 1. The van der Waals surface area contributed by atoms with Crippen molar-refractivity contribution in [1.82, 2.24) is 4.98 Å². The molecule has 0 bridgehead atoms. The van der Waals surface area contributed by atoms with Crippen LogP contribution in [0.3, 0.4) is 0 Å². The topological polar surface area (TPSA) is 80.5 Å². The van der Waals surface area contributed by atoms with Crippen LogP contribution >= 0.6 is 27.3 Å². The Morgan fingerprint density at radius 1 is 1.13 bits per heavy atom. The summed E-state index contributed by atoms with van der Waals surface area (Å²) in [6, 6.07) is 13.6. The summed E-state index contributed by atoms with van der Waals surface area (Å²) >= 11 is 4.57. The Morgan fingerprint density at radius 2 is 1.84 bits per heavy atom. The number of aromatic nitrogens is 1. The van der Waals surface area contributed by atoms with E-state index >= 15 is 0 Å². The molecular weight excluding hydrogens is 480 g/mol. The number of hydrogen-bond acceptors (Lipinski definition) is 6. The molecule has 1 aliphatic heterocycles. The number of anilines is 1. The average Bonchev–Trinajstić information content (AvgIpc) is 3.27. The van der Waals surface area contributed by atoms with E-state index in [1.165, 1.54) is 11.8 Å². The van der Waals surface area contributed by atoms with E-state index in [0.29, 0.717) is 26.7 Å². The van der Waals surface area contributed by atoms with E-state index < -0.39 is 11.9 Å². The summed E-state index contributed by atoms with van der Waals surface area (Å²) in [5, 5.41) is 0.772. The van der Waals surface area contributed by atoms with E-state index in [1.807, 2.05) is 24.3 Å². The van der Waals surface area contributed by atoms with Crippen molar-refractivity contribution in [2.24, 2.45) is 0 Å². The van der Waals surface area contributed by atoms with E-state index in [9.17, 15) is 14.4 Å². The molecule has 2 aromatic heterocycles. The van der Waals surface area contributed by atoms with Crippen molar-refractivity contribution >= 4 is 55.1 Å². The summed E-state index contributed by atoms with van der Waals surface area (Å²) in [4.78, 5) is 45.4. The largest absolute Gasteiger partial charge is 0.450 e. The van der Waals surface area contributed by atoms with Crippen LogP contribution in [0.15, 0.2) is 62.2 Å². The first-order chi connectivity index (χ1) is 14.9. The SMILES string of the molecule is CC(=O)c1sc(N2C(=O)c3oc4ccccc4c(=O)c3[C@@H]2c2ccc(Br)cc2)nc1C. The first-order valence-electron chi connectivity index (χ1n) is 9.50. The summed E-state index contributed by atoms with van der Waals surface area (Å²) in [6.07, 6.45) is 0. The molecule has 31 heavy (non-hydrogen) atoms. The highest BCUT2D eigenvalue weighted by molar-refractivity contribution is 9.10. The van der Waals surface area contributed by atoms with Crippen molar-refractivity contribution in [3.63, 3.8) is 0 Å². The van der Waals surface area contributed by atoms with E-state index in [4.69, 9.17) is 4.42 Å². The van der Waals surface area contributed by atoms with Gasteiger partial charge in [0.05, 0.1) is 27.6 Å². The Hall–Kier alpha value is -3.10. The van der Waals surface area contributed by atoms with Gasteiger partial charge >= 0.3 is 0 Å². The zero-order valence-corrected chi connectivity index (χ0v) is 18.9. The van der Waals surface area contributed by atoms with Crippen LogP contribution in [0.1, 0.15) is 50.0 Å². The maximum Gasteiger partial charge on any atom is 0.297 e. The fraction of sp³-hybridized carbons (Fsp3) is 0.130. The lowest BCUT2D eigenvalue weighted by molar-refractivity contribution is 0.0969. The third-order valence-corrected chi connectivity index (χ3v) is 7.06. The van der Waals surface area contributed by atoms with Gasteiger partial charge in [0.1, 0.15) is 5.58 Å². The molecule has 1 amide bonds. The Morgan fingerprint density at radius 3 is 2.52 bits per heavy atom. The highest BCUT2D eigenvalue weighted by Crippen LogP contribution is 2.43. The van der Waals surface area contributed by atoms with Crippen LogP contribution in [0.5, 0.6) is 0 Å². The van der Waals surface area contributed by atoms with Gasteiger partial charge in [-0.3, -0.25) is 19.3 Å². The van der Waals surface area contributed by atoms with E-state index in [1.54, 1.807) is 31.2 Å². The molecule has 0 saturated carbocycles. The van der Waals surface area contributed by atoms with Gasteiger partial charge in [0, 0.05) is 11.4 Å². The van der Waals surface area contributed by atoms with E-state index in [-0.39, 0.29) is 22.5 Å². The zero-order valence-electron chi connectivity index (χ0n) is 16.5. The van der Waals surface area contributed by atoms with Gasteiger partial charge in [-0.05, 0) is 36.8 Å². The quantitative estimate of drug-likeness (QED) is 0.362. The lowest BCUT2D eigenvalue weighted by Crippen LogP contribution is -2.29. The minimum Gasteiger partial charge on any atom is -0.450 e. The molecule has 0 unspecified atom stereocenters. The first kappa shape index (κ1) is 19.8. The van der Waals surface area contributed by atoms with Crippen LogP contribution in [0.25, 0.3) is 11.0 Å². The maximum absolute atomic E-state index is 13.5. The number of para-hydroxylation sites is 1. The summed E-state index contributed by atoms with van der Waals surface area (Å²) in [5.41, 5.74) is 1.69. The van der Waals surface area contributed by atoms with Gasteiger partial charge in [0.25, 0.3) is 5.91 Å². The van der Waals surface area contributed by atoms with E-state index in [0.717, 1.165) is 21.4 Å². The molecular formula is C23H15BrN2O4S. The number of fused-ring (bicyclic) bond motifs is 2. The van der Waals surface area contributed by atoms with Gasteiger partial charge in [-0.25, -0.2) is 4.98 Å². The molecule has 6 nitrogen and oxygen atoms in total. The van der Waals surface area contributed by atoms with Gasteiger partial charge < -0.3 is 4.42 Å². The van der Waals surface area contributed by atoms with Crippen LogP contribution in [0.2, 0.25) is 0 Å². The molecule has 154 valence electrons. The minimum absolute atomic E-state index is 0.00819. The van der Waals surface area contributed by atoms with Gasteiger partial charge in [-0.2, -0.15) is 0 Å².